The molecule has 0 aliphatic carbocycles. The molecule has 3 heterocycles. The van der Waals surface area contributed by atoms with Crippen molar-refractivity contribution >= 4 is 34.4 Å². The number of nitrogens with zero attached hydrogens (tertiary/aromatic N) is 2. The number of nitrogens with one attached hydrogen (secondary N) is 2. The van der Waals surface area contributed by atoms with Crippen molar-refractivity contribution in [1.29, 1.82) is 0 Å². The molecule has 0 saturated carbocycles. The van der Waals surface area contributed by atoms with E-state index in [1.165, 1.54) is 12.7 Å². The van der Waals surface area contributed by atoms with Gasteiger partial charge in [-0.15, -0.1) is 0 Å². The zero-order valence-electron chi connectivity index (χ0n) is 21.5. The van der Waals surface area contributed by atoms with Crippen LogP contribution in [0, 0.1) is 6.92 Å². The van der Waals surface area contributed by atoms with E-state index in [4.69, 9.17) is 16.3 Å². The maximum atomic E-state index is 13.2. The van der Waals surface area contributed by atoms with Gasteiger partial charge in [-0.25, -0.2) is 0 Å². The number of likely N-dealkylation sites (tertiary alicyclic amines) is 2. The summed E-state index contributed by atoms with van der Waals surface area (Å²) in [7, 11) is 1.44. The Kier molecular flexibility index (Phi) is 7.84. The van der Waals surface area contributed by atoms with Crippen LogP contribution in [0.2, 0.25) is 5.02 Å². The topological polar surface area (TPSA) is 77.7 Å². The Morgan fingerprint density at radius 2 is 1.89 bits per heavy atom. The molecular formula is C29H35ClN4O3. The van der Waals surface area contributed by atoms with Crippen LogP contribution < -0.4 is 5.32 Å². The molecule has 0 unspecified atom stereocenters. The fourth-order valence-corrected chi connectivity index (χ4v) is 6.10. The summed E-state index contributed by atoms with van der Waals surface area (Å²) >= 11 is 6.15. The van der Waals surface area contributed by atoms with Crippen molar-refractivity contribution in [1.82, 2.24) is 20.1 Å². The van der Waals surface area contributed by atoms with Gasteiger partial charge in [0.2, 0.25) is 0 Å². The number of H-pyrrole nitrogens is 1. The van der Waals surface area contributed by atoms with Gasteiger partial charge in [-0.1, -0.05) is 41.9 Å². The van der Waals surface area contributed by atoms with Crippen molar-refractivity contribution in [2.45, 2.75) is 50.7 Å². The zero-order chi connectivity index (χ0) is 25.9. The monoisotopic (exact) mass is 522 g/mol. The molecule has 2 N–H and O–H groups in total. The standard InChI is InChI=1S/C29H35ClN4O3/c1-19-24-16-21(30)8-9-25(24)32-27(19)28(35)31-22-17-26(29(36)37-2)34(18-22)23-11-14-33(15-12-23)13-10-20-6-4-3-5-7-20/h3-9,16,22-23,26,32H,10-15,17-18H2,1-2H3,(H,31,35)/t22-,26-/m0/s1. The maximum Gasteiger partial charge on any atom is 0.323 e. The number of ether oxygens (including phenoxy) is 1. The number of hydrogen-bond acceptors (Lipinski definition) is 5. The third-order valence-corrected chi connectivity index (χ3v) is 8.22. The third kappa shape index (κ3) is 5.69. The van der Waals surface area contributed by atoms with Crippen molar-refractivity contribution in [2.24, 2.45) is 0 Å². The number of aryl methyl sites for hydroxylation is 1. The highest BCUT2D eigenvalue weighted by atomic mass is 35.5. The molecule has 3 aromatic rings. The fourth-order valence-electron chi connectivity index (χ4n) is 5.93. The number of amides is 1. The van der Waals surface area contributed by atoms with Crippen LogP contribution in [0.15, 0.2) is 48.5 Å². The minimum atomic E-state index is -0.334. The molecule has 2 atom stereocenters. The second-order valence-electron chi connectivity index (χ2n) is 10.3. The van der Waals surface area contributed by atoms with Crippen molar-refractivity contribution in [3.05, 3.63) is 70.4 Å². The minimum Gasteiger partial charge on any atom is -0.468 e. The zero-order valence-corrected chi connectivity index (χ0v) is 22.3. The quantitative estimate of drug-likeness (QED) is 0.455. The van der Waals surface area contributed by atoms with E-state index >= 15 is 0 Å². The van der Waals surface area contributed by atoms with E-state index in [0.29, 0.717) is 29.7 Å². The van der Waals surface area contributed by atoms with Crippen LogP contribution >= 0.6 is 11.6 Å². The Bertz CT molecular complexity index is 1250. The number of aromatic nitrogens is 1. The first-order chi connectivity index (χ1) is 17.9. The molecule has 2 fully saturated rings. The molecule has 0 spiro atoms. The second-order valence-corrected chi connectivity index (χ2v) is 10.7. The molecule has 2 saturated heterocycles. The largest absolute Gasteiger partial charge is 0.468 e. The summed E-state index contributed by atoms with van der Waals surface area (Å²) in [5.74, 6) is -0.379. The Morgan fingerprint density at radius 1 is 1.14 bits per heavy atom. The maximum absolute atomic E-state index is 13.2. The van der Waals surface area contributed by atoms with Crippen LogP contribution in [0.25, 0.3) is 10.9 Å². The molecular weight excluding hydrogens is 488 g/mol. The van der Waals surface area contributed by atoms with E-state index < -0.39 is 0 Å². The summed E-state index contributed by atoms with van der Waals surface area (Å²) in [4.78, 5) is 33.9. The minimum absolute atomic E-state index is 0.123. The average Bonchev–Trinajstić information content (AvgIpc) is 3.49. The van der Waals surface area contributed by atoms with Crippen LogP contribution in [-0.2, 0) is 16.0 Å². The van der Waals surface area contributed by atoms with Gasteiger partial charge >= 0.3 is 5.97 Å². The number of carbonyl (C=O) groups excluding carboxylic acids is 2. The highest BCUT2D eigenvalue weighted by Gasteiger charge is 2.42. The SMILES string of the molecule is COC(=O)[C@@H]1C[C@H](NC(=O)c2[nH]c3ccc(Cl)cc3c2C)CN1C1CCN(CCc2ccccc2)CC1. The van der Waals surface area contributed by atoms with Crippen LogP contribution in [0.3, 0.4) is 0 Å². The summed E-state index contributed by atoms with van der Waals surface area (Å²) in [5, 5.41) is 4.75. The van der Waals surface area contributed by atoms with Gasteiger partial charge in [-0.05, 0) is 75.0 Å². The van der Waals surface area contributed by atoms with E-state index in [1.54, 1.807) is 0 Å². The summed E-state index contributed by atoms with van der Waals surface area (Å²) < 4.78 is 5.15. The molecule has 0 radical (unpaired) electrons. The van der Waals surface area contributed by atoms with Gasteiger partial charge in [-0.2, -0.15) is 0 Å². The Labute approximate surface area is 223 Å². The molecule has 1 amide bonds. The van der Waals surface area contributed by atoms with E-state index in [-0.39, 0.29) is 24.0 Å². The summed E-state index contributed by atoms with van der Waals surface area (Å²) in [6, 6.07) is 16.0. The average molecular weight is 523 g/mol. The first-order valence-corrected chi connectivity index (χ1v) is 13.5. The number of hydrogen-bond donors (Lipinski definition) is 2. The molecule has 2 aliphatic heterocycles. The number of piperidine rings is 1. The highest BCUT2D eigenvalue weighted by molar-refractivity contribution is 6.31. The highest BCUT2D eigenvalue weighted by Crippen LogP contribution is 2.29. The van der Waals surface area contributed by atoms with Crippen molar-refractivity contribution in [2.75, 3.05) is 33.3 Å². The Morgan fingerprint density at radius 3 is 2.62 bits per heavy atom. The van der Waals surface area contributed by atoms with Gasteiger partial charge in [0.25, 0.3) is 5.91 Å². The van der Waals surface area contributed by atoms with Crippen molar-refractivity contribution < 1.29 is 14.3 Å². The first kappa shape index (κ1) is 25.8. The molecule has 5 rings (SSSR count). The molecule has 37 heavy (non-hydrogen) atoms. The number of fused-ring (bicyclic) bond motifs is 1. The smallest absolute Gasteiger partial charge is 0.323 e. The van der Waals surface area contributed by atoms with E-state index in [2.05, 4.69) is 50.4 Å². The lowest BCUT2D eigenvalue weighted by Crippen LogP contribution is -2.49. The molecule has 0 bridgehead atoms. The molecule has 8 heteroatoms. The second kappa shape index (κ2) is 11.3. The van der Waals surface area contributed by atoms with Crippen LogP contribution in [-0.4, -0.2) is 78.1 Å². The normalized spacial score (nSPS) is 21.4. The number of aromatic amines is 1. The summed E-state index contributed by atoms with van der Waals surface area (Å²) in [6.45, 7) is 5.63. The summed E-state index contributed by atoms with van der Waals surface area (Å²) in [5.41, 5.74) is 3.66. The lowest BCUT2D eigenvalue weighted by molar-refractivity contribution is -0.147. The van der Waals surface area contributed by atoms with Gasteiger partial charge in [0.1, 0.15) is 11.7 Å². The van der Waals surface area contributed by atoms with Gasteiger partial charge in [0, 0.05) is 41.1 Å². The summed E-state index contributed by atoms with van der Waals surface area (Å²) in [6.07, 6.45) is 3.61. The molecule has 196 valence electrons. The number of carbonyl (C=O) groups is 2. The Balaban J connectivity index is 1.21. The molecule has 2 aliphatic rings. The van der Waals surface area contributed by atoms with E-state index in [1.807, 2.05) is 25.1 Å². The van der Waals surface area contributed by atoms with Crippen LogP contribution in [0.1, 0.15) is 40.9 Å². The van der Waals surface area contributed by atoms with Gasteiger partial charge in [0.15, 0.2) is 0 Å². The predicted octanol–water partition coefficient (Wildman–Crippen LogP) is 4.18. The molecule has 2 aromatic carbocycles. The van der Waals surface area contributed by atoms with Gasteiger partial charge in [-0.3, -0.25) is 14.5 Å². The van der Waals surface area contributed by atoms with E-state index in [0.717, 1.165) is 55.4 Å². The lowest BCUT2D eigenvalue weighted by Gasteiger charge is -2.38. The number of halogens is 1. The number of benzene rings is 2. The van der Waals surface area contributed by atoms with Crippen molar-refractivity contribution in [3.63, 3.8) is 0 Å². The predicted molar refractivity (Wildman–Crippen MR) is 146 cm³/mol. The van der Waals surface area contributed by atoms with Crippen molar-refractivity contribution in [3.8, 4) is 0 Å². The van der Waals surface area contributed by atoms with E-state index in [9.17, 15) is 9.59 Å². The van der Waals surface area contributed by atoms with Crippen LogP contribution in [0.5, 0.6) is 0 Å². The van der Waals surface area contributed by atoms with Gasteiger partial charge < -0.3 is 19.9 Å². The number of methoxy groups -OCH3 is 1. The number of esters is 1. The Hall–Kier alpha value is -2.87. The number of rotatable bonds is 7. The molecule has 7 nitrogen and oxygen atoms in total. The van der Waals surface area contributed by atoms with Crippen LogP contribution in [0.4, 0.5) is 0 Å². The van der Waals surface area contributed by atoms with Gasteiger partial charge in [0.05, 0.1) is 7.11 Å². The first-order valence-electron chi connectivity index (χ1n) is 13.1. The lowest BCUT2D eigenvalue weighted by atomic mass is 10.0. The molecule has 1 aromatic heterocycles. The third-order valence-electron chi connectivity index (χ3n) is 7.98. The fraction of sp³-hybridized carbons (Fsp3) is 0.448.